The topological polar surface area (TPSA) is 67.4 Å². The van der Waals surface area contributed by atoms with Crippen molar-refractivity contribution in [2.24, 2.45) is 0 Å². The number of hydrogen-bond acceptors (Lipinski definition) is 3. The molecule has 0 spiro atoms. The fourth-order valence-corrected chi connectivity index (χ4v) is 2.54. The van der Waals surface area contributed by atoms with Crippen LogP contribution in [0, 0.1) is 6.92 Å². The molecule has 0 heterocycles. The molecule has 2 N–H and O–H groups in total. The Morgan fingerprint density at radius 3 is 2.48 bits per heavy atom. The zero-order valence-corrected chi connectivity index (χ0v) is 15.2. The van der Waals surface area contributed by atoms with E-state index in [1.165, 1.54) is 0 Å². The number of halogens is 1. The van der Waals surface area contributed by atoms with Gasteiger partial charge < -0.3 is 15.4 Å². The monoisotopic (exact) mass is 360 g/mol. The fourth-order valence-electron chi connectivity index (χ4n) is 2.35. The van der Waals surface area contributed by atoms with Crippen LogP contribution in [0.15, 0.2) is 48.5 Å². The van der Waals surface area contributed by atoms with E-state index in [4.69, 9.17) is 16.3 Å². The number of nitrogens with one attached hydrogen (secondary N) is 2. The van der Waals surface area contributed by atoms with E-state index in [9.17, 15) is 9.59 Å². The smallest absolute Gasteiger partial charge is 0.313 e. The molecule has 0 fully saturated rings. The van der Waals surface area contributed by atoms with Crippen molar-refractivity contribution in [1.82, 2.24) is 5.32 Å². The summed E-state index contributed by atoms with van der Waals surface area (Å²) in [6, 6.07) is 14.4. The molecular weight excluding hydrogens is 340 g/mol. The van der Waals surface area contributed by atoms with E-state index in [0.29, 0.717) is 10.7 Å². The molecule has 0 bridgehead atoms. The molecular formula is C19H21ClN2O3. The van der Waals surface area contributed by atoms with Gasteiger partial charge in [0.05, 0.1) is 6.54 Å². The van der Waals surface area contributed by atoms with Gasteiger partial charge in [-0.25, -0.2) is 0 Å². The molecule has 0 saturated heterocycles. The molecule has 1 unspecified atom stereocenters. The zero-order chi connectivity index (χ0) is 18.4. The normalized spacial score (nSPS) is 13.0. The summed E-state index contributed by atoms with van der Waals surface area (Å²) in [7, 11) is 1.54. The van der Waals surface area contributed by atoms with Crippen LogP contribution in [0.4, 0.5) is 5.69 Å². The molecule has 0 aliphatic carbocycles. The third-order valence-corrected chi connectivity index (χ3v) is 4.19. The first-order chi connectivity index (χ1) is 11.8. The highest BCUT2D eigenvalue weighted by molar-refractivity contribution is 6.39. The van der Waals surface area contributed by atoms with Crippen LogP contribution in [0.3, 0.4) is 0 Å². The van der Waals surface area contributed by atoms with E-state index < -0.39 is 17.4 Å². The number of benzene rings is 2. The van der Waals surface area contributed by atoms with E-state index >= 15 is 0 Å². The Morgan fingerprint density at radius 2 is 1.84 bits per heavy atom. The number of amides is 2. The van der Waals surface area contributed by atoms with Gasteiger partial charge in [-0.15, -0.1) is 0 Å². The summed E-state index contributed by atoms with van der Waals surface area (Å²) in [5.41, 5.74) is 1.57. The lowest BCUT2D eigenvalue weighted by Crippen LogP contribution is -2.44. The molecule has 1 atom stereocenters. The van der Waals surface area contributed by atoms with Crippen LogP contribution in [-0.2, 0) is 19.9 Å². The molecule has 2 amide bonds. The second-order valence-electron chi connectivity index (χ2n) is 5.95. The number of carbonyl (C=O) groups excluding carboxylic acids is 2. The number of carbonyl (C=O) groups is 2. The van der Waals surface area contributed by atoms with Crippen LogP contribution in [0.25, 0.3) is 0 Å². The van der Waals surface area contributed by atoms with E-state index in [1.807, 2.05) is 32.0 Å². The molecule has 2 aromatic carbocycles. The Balaban J connectivity index is 2.00. The van der Waals surface area contributed by atoms with Gasteiger partial charge in [-0.2, -0.15) is 0 Å². The highest BCUT2D eigenvalue weighted by Crippen LogP contribution is 2.26. The summed E-state index contributed by atoms with van der Waals surface area (Å²) < 4.78 is 5.54. The van der Waals surface area contributed by atoms with Crippen molar-refractivity contribution in [2.75, 3.05) is 19.0 Å². The maximum Gasteiger partial charge on any atom is 0.313 e. The summed E-state index contributed by atoms with van der Waals surface area (Å²) in [5, 5.41) is 5.75. The van der Waals surface area contributed by atoms with Crippen molar-refractivity contribution in [3.05, 3.63) is 64.7 Å². The lowest BCUT2D eigenvalue weighted by Gasteiger charge is -2.29. The minimum atomic E-state index is -0.801. The van der Waals surface area contributed by atoms with Gasteiger partial charge in [0.15, 0.2) is 0 Å². The van der Waals surface area contributed by atoms with Crippen molar-refractivity contribution in [2.45, 2.75) is 19.4 Å². The number of aryl methyl sites for hydroxylation is 1. The molecule has 0 aliphatic heterocycles. The minimum Gasteiger partial charge on any atom is -0.372 e. The SMILES string of the molecule is COC(C)(CNC(=O)C(=O)Nc1cccc(C)c1)c1cccc(Cl)c1. The lowest BCUT2D eigenvalue weighted by molar-refractivity contribution is -0.137. The van der Waals surface area contributed by atoms with Crippen LogP contribution >= 0.6 is 11.6 Å². The predicted molar refractivity (Wildman–Crippen MR) is 98.6 cm³/mol. The van der Waals surface area contributed by atoms with E-state index in [-0.39, 0.29) is 6.54 Å². The van der Waals surface area contributed by atoms with E-state index in [0.717, 1.165) is 11.1 Å². The second-order valence-corrected chi connectivity index (χ2v) is 6.39. The molecule has 0 aliphatic rings. The third-order valence-electron chi connectivity index (χ3n) is 3.95. The number of methoxy groups -OCH3 is 1. The van der Waals surface area contributed by atoms with E-state index in [2.05, 4.69) is 10.6 Å². The van der Waals surface area contributed by atoms with Gasteiger partial charge in [-0.1, -0.05) is 35.9 Å². The first-order valence-electron chi connectivity index (χ1n) is 7.81. The van der Waals surface area contributed by atoms with Crippen molar-refractivity contribution in [3.63, 3.8) is 0 Å². The van der Waals surface area contributed by atoms with Gasteiger partial charge in [0.25, 0.3) is 0 Å². The Kier molecular flexibility index (Phi) is 6.17. The largest absolute Gasteiger partial charge is 0.372 e. The molecule has 2 aromatic rings. The number of rotatable bonds is 5. The third kappa shape index (κ3) is 5.05. The molecule has 6 heteroatoms. The molecule has 25 heavy (non-hydrogen) atoms. The summed E-state index contributed by atoms with van der Waals surface area (Å²) in [6.45, 7) is 3.85. The van der Waals surface area contributed by atoms with Crippen LogP contribution in [-0.4, -0.2) is 25.5 Å². The first-order valence-corrected chi connectivity index (χ1v) is 8.19. The Labute approximate surface area is 152 Å². The number of ether oxygens (including phenoxy) is 1. The maximum atomic E-state index is 12.1. The summed E-state index contributed by atoms with van der Waals surface area (Å²) in [5.74, 6) is -1.46. The standard InChI is InChI=1S/C19H21ClN2O3/c1-13-6-4-9-16(10-13)22-18(24)17(23)21-12-19(2,25-3)14-7-5-8-15(20)11-14/h4-11H,12H2,1-3H3,(H,21,23)(H,22,24). The summed E-state index contributed by atoms with van der Waals surface area (Å²) >= 11 is 6.02. The Hall–Kier alpha value is -2.37. The van der Waals surface area contributed by atoms with Gasteiger partial charge >= 0.3 is 11.8 Å². The van der Waals surface area contributed by atoms with Gasteiger partial charge in [0.1, 0.15) is 5.60 Å². The average Bonchev–Trinajstić information content (AvgIpc) is 2.59. The molecule has 132 valence electrons. The highest BCUT2D eigenvalue weighted by Gasteiger charge is 2.28. The Bertz CT molecular complexity index is 779. The lowest BCUT2D eigenvalue weighted by atomic mass is 9.95. The number of hydrogen-bond donors (Lipinski definition) is 2. The Morgan fingerprint density at radius 1 is 1.12 bits per heavy atom. The molecule has 0 saturated carbocycles. The summed E-state index contributed by atoms with van der Waals surface area (Å²) in [6.07, 6.45) is 0. The van der Waals surface area contributed by atoms with Crippen molar-refractivity contribution in [3.8, 4) is 0 Å². The van der Waals surface area contributed by atoms with Crippen LogP contribution in [0.1, 0.15) is 18.1 Å². The molecule has 0 radical (unpaired) electrons. The summed E-state index contributed by atoms with van der Waals surface area (Å²) in [4.78, 5) is 24.1. The molecule has 0 aromatic heterocycles. The predicted octanol–water partition coefficient (Wildman–Crippen LogP) is 3.26. The van der Waals surface area contributed by atoms with Crippen molar-refractivity contribution >= 4 is 29.1 Å². The van der Waals surface area contributed by atoms with Gasteiger partial charge in [0.2, 0.25) is 0 Å². The second kappa shape index (κ2) is 8.14. The minimum absolute atomic E-state index is 0.129. The maximum absolute atomic E-state index is 12.1. The van der Waals surface area contributed by atoms with Crippen molar-refractivity contribution in [1.29, 1.82) is 0 Å². The van der Waals surface area contributed by atoms with Gasteiger partial charge in [-0.3, -0.25) is 9.59 Å². The highest BCUT2D eigenvalue weighted by atomic mass is 35.5. The van der Waals surface area contributed by atoms with E-state index in [1.54, 1.807) is 37.4 Å². The average molecular weight is 361 g/mol. The van der Waals surface area contributed by atoms with Crippen LogP contribution < -0.4 is 10.6 Å². The molecule has 5 nitrogen and oxygen atoms in total. The quantitative estimate of drug-likeness (QED) is 0.804. The van der Waals surface area contributed by atoms with Crippen LogP contribution in [0.2, 0.25) is 5.02 Å². The van der Waals surface area contributed by atoms with Gasteiger partial charge in [0, 0.05) is 17.8 Å². The zero-order valence-electron chi connectivity index (χ0n) is 14.4. The first kappa shape index (κ1) is 19.0. The van der Waals surface area contributed by atoms with Gasteiger partial charge in [-0.05, 0) is 49.2 Å². The number of anilines is 1. The molecule has 2 rings (SSSR count). The van der Waals surface area contributed by atoms with Crippen molar-refractivity contribution < 1.29 is 14.3 Å². The van der Waals surface area contributed by atoms with Crippen LogP contribution in [0.5, 0.6) is 0 Å². The fraction of sp³-hybridized carbons (Fsp3) is 0.263.